The number of benzene rings is 2. The van der Waals surface area contributed by atoms with Crippen molar-refractivity contribution in [2.45, 2.75) is 33.6 Å². The normalized spacial score (nSPS) is 11.3. The maximum atomic E-state index is 12.1. The van der Waals surface area contributed by atoms with Crippen molar-refractivity contribution < 1.29 is 13.9 Å². The first kappa shape index (κ1) is 21.7. The standard InChI is InChI=1S/C24H25ClN2O3/c1-15(2)20-9-5-16(3)11-23(20)29-14-24(28)27-26-13-19-8-10-22(30-19)18-7-6-17(4)21(25)12-18/h5-13,15H,14H2,1-4H3,(H,27,28)/b26-13+. The van der Waals surface area contributed by atoms with Crippen LogP contribution in [0.25, 0.3) is 11.3 Å². The molecule has 0 radical (unpaired) electrons. The first-order chi connectivity index (χ1) is 14.3. The number of carbonyl (C=O) groups is 1. The Hall–Kier alpha value is -3.05. The molecule has 0 aliphatic carbocycles. The fourth-order valence-electron chi connectivity index (χ4n) is 2.91. The molecule has 0 unspecified atom stereocenters. The largest absolute Gasteiger partial charge is 0.483 e. The summed E-state index contributed by atoms with van der Waals surface area (Å²) >= 11 is 6.17. The monoisotopic (exact) mass is 424 g/mol. The third-order valence-electron chi connectivity index (χ3n) is 4.61. The van der Waals surface area contributed by atoms with Crippen LogP contribution >= 0.6 is 11.6 Å². The van der Waals surface area contributed by atoms with Crippen LogP contribution in [0.1, 0.15) is 42.2 Å². The van der Waals surface area contributed by atoms with Crippen molar-refractivity contribution in [2.75, 3.05) is 6.61 Å². The van der Waals surface area contributed by atoms with E-state index in [-0.39, 0.29) is 12.5 Å². The Bertz CT molecular complexity index is 1070. The van der Waals surface area contributed by atoms with Crippen LogP contribution in [0.5, 0.6) is 5.75 Å². The van der Waals surface area contributed by atoms with Crippen LogP contribution in [0.3, 0.4) is 0 Å². The van der Waals surface area contributed by atoms with Gasteiger partial charge in [0.2, 0.25) is 0 Å². The molecular weight excluding hydrogens is 400 g/mol. The molecule has 0 aliphatic heterocycles. The minimum absolute atomic E-state index is 0.119. The van der Waals surface area contributed by atoms with E-state index in [9.17, 15) is 4.79 Å². The molecule has 156 valence electrons. The van der Waals surface area contributed by atoms with Gasteiger partial charge in [0.15, 0.2) is 6.61 Å². The molecule has 0 fully saturated rings. The second kappa shape index (κ2) is 9.63. The molecule has 1 N–H and O–H groups in total. The fourth-order valence-corrected chi connectivity index (χ4v) is 3.09. The second-order valence-electron chi connectivity index (χ2n) is 7.44. The van der Waals surface area contributed by atoms with E-state index in [2.05, 4.69) is 24.4 Å². The average molecular weight is 425 g/mol. The van der Waals surface area contributed by atoms with Crippen molar-refractivity contribution in [2.24, 2.45) is 5.10 Å². The van der Waals surface area contributed by atoms with Crippen molar-refractivity contribution in [3.05, 3.63) is 76.0 Å². The zero-order chi connectivity index (χ0) is 21.7. The Kier molecular flexibility index (Phi) is 6.95. The minimum Gasteiger partial charge on any atom is -0.483 e. The van der Waals surface area contributed by atoms with Gasteiger partial charge in [-0.1, -0.05) is 49.7 Å². The van der Waals surface area contributed by atoms with Crippen LogP contribution in [-0.4, -0.2) is 18.7 Å². The molecule has 30 heavy (non-hydrogen) atoms. The summed E-state index contributed by atoms with van der Waals surface area (Å²) in [5.74, 6) is 1.87. The van der Waals surface area contributed by atoms with Crippen LogP contribution in [0, 0.1) is 13.8 Å². The smallest absolute Gasteiger partial charge is 0.277 e. The number of hydrogen-bond donors (Lipinski definition) is 1. The van der Waals surface area contributed by atoms with Gasteiger partial charge in [-0.25, -0.2) is 5.43 Å². The Labute approximate surface area is 181 Å². The number of amides is 1. The van der Waals surface area contributed by atoms with Gasteiger partial charge >= 0.3 is 0 Å². The topological polar surface area (TPSA) is 63.8 Å². The first-order valence-corrected chi connectivity index (χ1v) is 10.1. The van der Waals surface area contributed by atoms with Crippen LogP contribution < -0.4 is 10.2 Å². The summed E-state index contributed by atoms with van der Waals surface area (Å²) in [6.07, 6.45) is 1.45. The summed E-state index contributed by atoms with van der Waals surface area (Å²) in [7, 11) is 0. The number of aryl methyl sites for hydroxylation is 2. The number of nitrogens with zero attached hydrogens (tertiary/aromatic N) is 1. The van der Waals surface area contributed by atoms with E-state index >= 15 is 0 Å². The maximum absolute atomic E-state index is 12.1. The van der Waals surface area contributed by atoms with Crippen molar-refractivity contribution >= 4 is 23.7 Å². The molecule has 0 spiro atoms. The quantitative estimate of drug-likeness (QED) is 0.381. The highest BCUT2D eigenvalue weighted by Crippen LogP contribution is 2.28. The van der Waals surface area contributed by atoms with Crippen molar-refractivity contribution in [3.8, 4) is 17.1 Å². The zero-order valence-electron chi connectivity index (χ0n) is 17.5. The van der Waals surface area contributed by atoms with Crippen LogP contribution in [0.15, 0.2) is 58.0 Å². The van der Waals surface area contributed by atoms with Crippen molar-refractivity contribution in [1.29, 1.82) is 0 Å². The highest BCUT2D eigenvalue weighted by Gasteiger charge is 2.10. The van der Waals surface area contributed by atoms with E-state index in [4.69, 9.17) is 20.8 Å². The Morgan fingerprint density at radius 3 is 2.70 bits per heavy atom. The molecule has 3 aromatic rings. The van der Waals surface area contributed by atoms with Crippen LogP contribution in [0.4, 0.5) is 0 Å². The SMILES string of the molecule is Cc1ccc(C(C)C)c(OCC(=O)N/N=C/c2ccc(-c3ccc(C)c(Cl)c3)o2)c1. The molecule has 0 saturated heterocycles. The van der Waals surface area contributed by atoms with Gasteiger partial charge in [0, 0.05) is 10.6 Å². The van der Waals surface area contributed by atoms with Gasteiger partial charge in [-0.05, 0) is 60.7 Å². The van der Waals surface area contributed by atoms with E-state index in [0.29, 0.717) is 22.5 Å². The minimum atomic E-state index is -0.348. The lowest BCUT2D eigenvalue weighted by atomic mass is 10.0. The molecule has 0 saturated carbocycles. The molecule has 3 rings (SSSR count). The van der Waals surface area contributed by atoms with E-state index in [0.717, 1.165) is 28.0 Å². The number of nitrogens with one attached hydrogen (secondary N) is 1. The van der Waals surface area contributed by atoms with Gasteiger partial charge < -0.3 is 9.15 Å². The van der Waals surface area contributed by atoms with Crippen molar-refractivity contribution in [3.63, 3.8) is 0 Å². The molecule has 1 amide bonds. The number of hydrogen-bond acceptors (Lipinski definition) is 4. The average Bonchev–Trinajstić information content (AvgIpc) is 3.17. The van der Waals surface area contributed by atoms with Crippen molar-refractivity contribution in [1.82, 2.24) is 5.43 Å². The predicted octanol–water partition coefficient (Wildman–Crippen LogP) is 5.87. The van der Waals surface area contributed by atoms with E-state index in [1.807, 2.05) is 56.3 Å². The van der Waals surface area contributed by atoms with Gasteiger partial charge in [-0.2, -0.15) is 5.10 Å². The number of furan rings is 1. The number of ether oxygens (including phenoxy) is 1. The highest BCUT2D eigenvalue weighted by atomic mass is 35.5. The number of halogens is 1. The predicted molar refractivity (Wildman–Crippen MR) is 120 cm³/mol. The molecule has 0 aliphatic rings. The van der Waals surface area contributed by atoms with Gasteiger partial charge in [0.05, 0.1) is 6.21 Å². The van der Waals surface area contributed by atoms with Gasteiger partial charge in [0.25, 0.3) is 5.91 Å². The summed E-state index contributed by atoms with van der Waals surface area (Å²) in [5, 5.41) is 4.62. The zero-order valence-corrected chi connectivity index (χ0v) is 18.3. The fraction of sp³-hybridized carbons (Fsp3) is 0.250. The lowest BCUT2D eigenvalue weighted by Gasteiger charge is -2.14. The maximum Gasteiger partial charge on any atom is 0.277 e. The number of carbonyl (C=O) groups excluding carboxylic acids is 1. The molecule has 6 heteroatoms. The summed E-state index contributed by atoms with van der Waals surface area (Å²) in [5.41, 5.74) is 6.48. The van der Waals surface area contributed by atoms with Crippen LogP contribution in [0.2, 0.25) is 5.02 Å². The Morgan fingerprint density at radius 1 is 1.17 bits per heavy atom. The first-order valence-electron chi connectivity index (χ1n) is 9.75. The Balaban J connectivity index is 1.56. The molecule has 1 heterocycles. The number of hydrazone groups is 1. The highest BCUT2D eigenvalue weighted by molar-refractivity contribution is 6.31. The summed E-state index contributed by atoms with van der Waals surface area (Å²) in [4.78, 5) is 12.1. The van der Waals surface area contributed by atoms with E-state index in [1.165, 1.54) is 6.21 Å². The lowest BCUT2D eigenvalue weighted by molar-refractivity contribution is -0.123. The summed E-state index contributed by atoms with van der Waals surface area (Å²) < 4.78 is 11.4. The van der Waals surface area contributed by atoms with Crippen LogP contribution in [-0.2, 0) is 4.79 Å². The molecule has 2 aromatic carbocycles. The molecule has 1 aromatic heterocycles. The number of rotatable bonds is 7. The molecule has 0 atom stereocenters. The third-order valence-corrected chi connectivity index (χ3v) is 5.02. The van der Waals surface area contributed by atoms with Gasteiger partial charge in [-0.15, -0.1) is 0 Å². The van der Waals surface area contributed by atoms with E-state index in [1.54, 1.807) is 6.07 Å². The third kappa shape index (κ3) is 5.51. The summed E-state index contributed by atoms with van der Waals surface area (Å²) in [6, 6.07) is 15.3. The van der Waals surface area contributed by atoms with Gasteiger partial charge in [0.1, 0.15) is 17.3 Å². The van der Waals surface area contributed by atoms with E-state index < -0.39 is 0 Å². The summed E-state index contributed by atoms with van der Waals surface area (Å²) in [6.45, 7) is 7.99. The Morgan fingerprint density at radius 2 is 1.97 bits per heavy atom. The second-order valence-corrected chi connectivity index (χ2v) is 7.85. The molecule has 0 bridgehead atoms. The van der Waals surface area contributed by atoms with Gasteiger partial charge in [-0.3, -0.25) is 4.79 Å². The molecular formula is C24H25ClN2O3. The molecule has 5 nitrogen and oxygen atoms in total. The lowest BCUT2D eigenvalue weighted by Crippen LogP contribution is -2.24.